The van der Waals surface area contributed by atoms with E-state index in [0.29, 0.717) is 15.6 Å². The minimum absolute atomic E-state index is 0.462. The van der Waals surface area contributed by atoms with Gasteiger partial charge < -0.3 is 0 Å². The molecule has 0 fully saturated rings. The average Bonchev–Trinajstić information content (AvgIpc) is 2.28. The Morgan fingerprint density at radius 2 is 1.88 bits per heavy atom. The molecule has 0 saturated heterocycles. The minimum Gasteiger partial charge on any atom is -0.298 e. The van der Waals surface area contributed by atoms with E-state index in [0.717, 1.165) is 24.7 Å². The van der Waals surface area contributed by atoms with Gasteiger partial charge >= 0.3 is 0 Å². The lowest BCUT2D eigenvalue weighted by Crippen LogP contribution is -1.91. The maximum atomic E-state index is 10.6. The van der Waals surface area contributed by atoms with Crippen LogP contribution in [0.25, 0.3) is 0 Å². The van der Waals surface area contributed by atoms with E-state index in [9.17, 15) is 4.79 Å². The zero-order valence-corrected chi connectivity index (χ0v) is 10.9. The van der Waals surface area contributed by atoms with Gasteiger partial charge in [-0.2, -0.15) is 0 Å². The molecule has 0 unspecified atom stereocenters. The number of hydrogen-bond acceptors (Lipinski definition) is 1. The Labute approximate surface area is 107 Å². The van der Waals surface area contributed by atoms with Crippen LogP contribution in [-0.4, -0.2) is 6.29 Å². The Bertz CT molecular complexity index is 361. The van der Waals surface area contributed by atoms with Gasteiger partial charge in [0.2, 0.25) is 0 Å². The molecule has 0 aliphatic heterocycles. The van der Waals surface area contributed by atoms with Gasteiger partial charge in [0.25, 0.3) is 0 Å². The molecule has 0 aliphatic carbocycles. The Balaban J connectivity index is 2.66. The zero-order valence-electron chi connectivity index (χ0n) is 9.43. The Morgan fingerprint density at radius 1 is 1.12 bits per heavy atom. The number of rotatable bonds is 6. The molecule has 1 aromatic rings. The molecule has 0 radical (unpaired) electrons. The number of benzene rings is 1. The Kier molecular flexibility index (Phi) is 5.86. The van der Waals surface area contributed by atoms with Crippen LogP contribution in [0.4, 0.5) is 0 Å². The first kappa shape index (κ1) is 13.5. The Hall–Kier alpha value is -0.530. The molecule has 3 heteroatoms. The molecular weight excluding hydrogens is 243 g/mol. The number of carbonyl (C=O) groups is 1. The summed E-state index contributed by atoms with van der Waals surface area (Å²) in [6.07, 6.45) is 6.45. The molecule has 1 nitrogen and oxygen atoms in total. The highest BCUT2D eigenvalue weighted by molar-refractivity contribution is 6.35. The van der Waals surface area contributed by atoms with Gasteiger partial charge in [-0.3, -0.25) is 4.79 Å². The first-order chi connectivity index (χ1) is 7.69. The van der Waals surface area contributed by atoms with E-state index < -0.39 is 0 Å². The standard InChI is InChI=1S/C13H16Cl2O/c1-2-3-4-5-6-10-7-13(15)11(9-16)8-12(10)14/h7-9H,2-6H2,1H3. The molecular formula is C13H16Cl2O. The van der Waals surface area contributed by atoms with Gasteiger partial charge in [0.05, 0.1) is 5.02 Å². The first-order valence-corrected chi connectivity index (χ1v) is 6.37. The number of halogens is 2. The number of carbonyl (C=O) groups excluding carboxylic acids is 1. The molecule has 1 aromatic carbocycles. The zero-order chi connectivity index (χ0) is 12.0. The number of hydrogen-bond donors (Lipinski definition) is 0. The summed E-state index contributed by atoms with van der Waals surface area (Å²) in [6.45, 7) is 2.18. The van der Waals surface area contributed by atoms with Crippen LogP contribution in [0.5, 0.6) is 0 Å². The van der Waals surface area contributed by atoms with Gasteiger partial charge in [0.1, 0.15) is 0 Å². The van der Waals surface area contributed by atoms with Crippen molar-refractivity contribution in [1.29, 1.82) is 0 Å². The largest absolute Gasteiger partial charge is 0.298 e. The number of aldehydes is 1. The summed E-state index contributed by atoms with van der Waals surface area (Å²) in [5, 5.41) is 1.13. The summed E-state index contributed by atoms with van der Waals surface area (Å²) in [7, 11) is 0. The van der Waals surface area contributed by atoms with Crippen molar-refractivity contribution in [2.75, 3.05) is 0 Å². The van der Waals surface area contributed by atoms with E-state index in [-0.39, 0.29) is 0 Å². The normalized spacial score (nSPS) is 10.4. The molecule has 0 aromatic heterocycles. The fourth-order valence-electron chi connectivity index (χ4n) is 1.63. The van der Waals surface area contributed by atoms with Crippen LogP contribution < -0.4 is 0 Å². The fraction of sp³-hybridized carbons (Fsp3) is 0.462. The van der Waals surface area contributed by atoms with Crippen molar-refractivity contribution in [1.82, 2.24) is 0 Å². The van der Waals surface area contributed by atoms with Crippen molar-refractivity contribution in [2.45, 2.75) is 39.0 Å². The summed E-state index contributed by atoms with van der Waals surface area (Å²) in [5.74, 6) is 0. The van der Waals surface area contributed by atoms with Gasteiger partial charge in [0.15, 0.2) is 6.29 Å². The van der Waals surface area contributed by atoms with Crippen LogP contribution in [0.2, 0.25) is 10.0 Å². The minimum atomic E-state index is 0.462. The van der Waals surface area contributed by atoms with Crippen molar-refractivity contribution < 1.29 is 4.79 Å². The van der Waals surface area contributed by atoms with Crippen LogP contribution in [-0.2, 0) is 6.42 Å². The van der Waals surface area contributed by atoms with Crippen LogP contribution in [0.15, 0.2) is 12.1 Å². The maximum Gasteiger partial charge on any atom is 0.151 e. The molecule has 0 spiro atoms. The third kappa shape index (κ3) is 3.80. The van der Waals surface area contributed by atoms with E-state index in [4.69, 9.17) is 23.2 Å². The number of aryl methyl sites for hydroxylation is 1. The second-order valence-corrected chi connectivity index (χ2v) is 4.71. The van der Waals surface area contributed by atoms with Crippen LogP contribution >= 0.6 is 23.2 Å². The lowest BCUT2D eigenvalue weighted by molar-refractivity contribution is 0.112. The van der Waals surface area contributed by atoms with E-state index in [1.807, 2.05) is 0 Å². The van der Waals surface area contributed by atoms with E-state index in [1.54, 1.807) is 12.1 Å². The van der Waals surface area contributed by atoms with Crippen LogP contribution in [0.3, 0.4) is 0 Å². The highest BCUT2D eigenvalue weighted by atomic mass is 35.5. The van der Waals surface area contributed by atoms with Gasteiger partial charge in [-0.25, -0.2) is 0 Å². The van der Waals surface area contributed by atoms with E-state index in [1.165, 1.54) is 19.3 Å². The van der Waals surface area contributed by atoms with Gasteiger partial charge in [-0.1, -0.05) is 49.4 Å². The SMILES string of the molecule is CCCCCCc1cc(Cl)c(C=O)cc1Cl. The summed E-state index contributed by atoms with van der Waals surface area (Å²) < 4.78 is 0. The molecule has 1 rings (SSSR count). The first-order valence-electron chi connectivity index (χ1n) is 5.62. The highest BCUT2D eigenvalue weighted by Crippen LogP contribution is 2.25. The number of unbranched alkanes of at least 4 members (excludes halogenated alkanes) is 3. The second-order valence-electron chi connectivity index (χ2n) is 3.89. The van der Waals surface area contributed by atoms with Gasteiger partial charge in [-0.15, -0.1) is 0 Å². The lowest BCUT2D eigenvalue weighted by atomic mass is 10.0. The predicted octanol–water partition coefficient (Wildman–Crippen LogP) is 4.93. The lowest BCUT2D eigenvalue weighted by Gasteiger charge is -2.06. The molecule has 0 bridgehead atoms. The smallest absolute Gasteiger partial charge is 0.151 e. The quantitative estimate of drug-likeness (QED) is 0.523. The highest BCUT2D eigenvalue weighted by Gasteiger charge is 2.06. The summed E-state index contributed by atoms with van der Waals surface area (Å²) in [6, 6.07) is 3.45. The third-order valence-electron chi connectivity index (χ3n) is 2.59. The molecule has 0 N–H and O–H groups in total. The van der Waals surface area contributed by atoms with Crippen molar-refractivity contribution in [3.63, 3.8) is 0 Å². The molecule has 0 heterocycles. The molecule has 0 amide bonds. The maximum absolute atomic E-state index is 10.6. The van der Waals surface area contributed by atoms with Gasteiger partial charge in [0, 0.05) is 10.6 Å². The Morgan fingerprint density at radius 3 is 2.50 bits per heavy atom. The third-order valence-corrected chi connectivity index (χ3v) is 3.27. The van der Waals surface area contributed by atoms with Crippen molar-refractivity contribution in [2.24, 2.45) is 0 Å². The summed E-state index contributed by atoms with van der Waals surface area (Å²) in [4.78, 5) is 10.6. The fourth-order valence-corrected chi connectivity index (χ4v) is 2.12. The molecule has 16 heavy (non-hydrogen) atoms. The van der Waals surface area contributed by atoms with Crippen LogP contribution in [0.1, 0.15) is 48.5 Å². The van der Waals surface area contributed by atoms with Crippen molar-refractivity contribution in [3.8, 4) is 0 Å². The monoisotopic (exact) mass is 258 g/mol. The second kappa shape index (κ2) is 6.93. The predicted molar refractivity (Wildman–Crippen MR) is 69.7 cm³/mol. The molecule has 0 atom stereocenters. The summed E-state index contributed by atoms with van der Waals surface area (Å²) >= 11 is 12.0. The average molecular weight is 259 g/mol. The van der Waals surface area contributed by atoms with Crippen molar-refractivity contribution >= 4 is 29.5 Å². The summed E-state index contributed by atoms with van der Waals surface area (Å²) in [5.41, 5.74) is 1.50. The van der Waals surface area contributed by atoms with Crippen molar-refractivity contribution in [3.05, 3.63) is 33.3 Å². The topological polar surface area (TPSA) is 17.1 Å². The van der Waals surface area contributed by atoms with Gasteiger partial charge in [-0.05, 0) is 30.5 Å². The van der Waals surface area contributed by atoms with Crippen LogP contribution in [0, 0.1) is 0 Å². The van der Waals surface area contributed by atoms with E-state index in [2.05, 4.69) is 6.92 Å². The molecule has 0 aliphatic rings. The van der Waals surface area contributed by atoms with E-state index >= 15 is 0 Å². The molecule has 88 valence electrons. The molecule has 0 saturated carbocycles.